The molecule has 2 amide bonds. The Kier molecular flexibility index (Phi) is 6.48. The molecule has 23 heavy (non-hydrogen) atoms. The molecule has 0 heterocycles. The minimum absolute atomic E-state index is 0.00663. The molecule has 0 radical (unpaired) electrons. The zero-order valence-electron chi connectivity index (χ0n) is 13.0. The van der Waals surface area contributed by atoms with Crippen LogP contribution in [0.3, 0.4) is 0 Å². The van der Waals surface area contributed by atoms with Crippen molar-refractivity contribution in [1.82, 2.24) is 4.90 Å². The maximum Gasteiger partial charge on any atom is 0.244 e. The Bertz CT molecular complexity index is 596. The van der Waals surface area contributed by atoms with Crippen LogP contribution in [0.5, 0.6) is 0 Å². The standard InChI is InChI=1S/C17H20Cl2N2O2/c1-2-21(16(23)10-12-6-3-4-7-12)11-15(22)20-17-13(18)8-5-9-14(17)19/h3,5-6,8-9,12H,2,4,7,10-11H2,1H3,(H,20,22)/t12-/m0/s1. The topological polar surface area (TPSA) is 49.4 Å². The summed E-state index contributed by atoms with van der Waals surface area (Å²) in [5.41, 5.74) is 0.378. The number of carbonyl (C=O) groups excluding carboxylic acids is 2. The van der Waals surface area contributed by atoms with Crippen molar-refractivity contribution in [2.24, 2.45) is 5.92 Å². The van der Waals surface area contributed by atoms with Crippen LogP contribution in [-0.2, 0) is 9.59 Å². The van der Waals surface area contributed by atoms with Gasteiger partial charge in [0.15, 0.2) is 0 Å². The van der Waals surface area contributed by atoms with Crippen molar-refractivity contribution in [3.8, 4) is 0 Å². The van der Waals surface area contributed by atoms with E-state index in [2.05, 4.69) is 17.5 Å². The van der Waals surface area contributed by atoms with Crippen molar-refractivity contribution in [3.63, 3.8) is 0 Å². The summed E-state index contributed by atoms with van der Waals surface area (Å²) in [5.74, 6) is -0.0285. The molecule has 0 aliphatic heterocycles. The summed E-state index contributed by atoms with van der Waals surface area (Å²) >= 11 is 12.1. The van der Waals surface area contributed by atoms with Gasteiger partial charge in [0.25, 0.3) is 0 Å². The molecule has 124 valence electrons. The third kappa shape index (κ3) is 4.98. The summed E-state index contributed by atoms with van der Waals surface area (Å²) in [6.07, 6.45) is 6.65. The molecule has 4 nitrogen and oxygen atoms in total. The third-order valence-corrected chi connectivity index (χ3v) is 4.48. The summed E-state index contributed by atoms with van der Waals surface area (Å²) in [5, 5.41) is 3.42. The number of nitrogens with one attached hydrogen (secondary N) is 1. The SMILES string of the molecule is CCN(CC(=O)Nc1c(Cl)cccc1Cl)C(=O)C[C@H]1C=CCC1. The molecule has 6 heteroatoms. The number of rotatable bonds is 6. The lowest BCUT2D eigenvalue weighted by Crippen LogP contribution is -2.38. The van der Waals surface area contributed by atoms with Gasteiger partial charge in [0.05, 0.1) is 22.3 Å². The Labute approximate surface area is 146 Å². The number of amides is 2. The molecule has 0 bridgehead atoms. The molecular weight excluding hydrogens is 335 g/mol. The molecular formula is C17H20Cl2N2O2. The number of allylic oxidation sites excluding steroid dienone is 2. The van der Waals surface area contributed by atoms with E-state index in [4.69, 9.17) is 23.2 Å². The summed E-state index contributed by atoms with van der Waals surface area (Å²) in [7, 11) is 0. The number of likely N-dealkylation sites (N-methyl/N-ethyl adjacent to an activating group) is 1. The molecule has 1 aliphatic rings. The number of nitrogens with zero attached hydrogens (tertiary/aromatic N) is 1. The van der Waals surface area contributed by atoms with E-state index in [1.807, 2.05) is 6.92 Å². The van der Waals surface area contributed by atoms with E-state index in [1.54, 1.807) is 23.1 Å². The van der Waals surface area contributed by atoms with Crippen molar-refractivity contribution < 1.29 is 9.59 Å². The van der Waals surface area contributed by atoms with Gasteiger partial charge in [-0.2, -0.15) is 0 Å². The summed E-state index contributed by atoms with van der Waals surface area (Å²) < 4.78 is 0. The zero-order chi connectivity index (χ0) is 16.8. The molecule has 0 fully saturated rings. The Balaban J connectivity index is 1.94. The number of halogens is 2. The fourth-order valence-electron chi connectivity index (χ4n) is 2.56. The molecule has 1 aromatic rings. The van der Waals surface area contributed by atoms with Gasteiger partial charge >= 0.3 is 0 Å². The molecule has 0 saturated carbocycles. The first-order valence-electron chi connectivity index (χ1n) is 7.69. The molecule has 1 aliphatic carbocycles. The summed E-state index contributed by atoms with van der Waals surface area (Å²) in [6.45, 7) is 2.34. The smallest absolute Gasteiger partial charge is 0.244 e. The van der Waals surface area contributed by atoms with Gasteiger partial charge < -0.3 is 10.2 Å². The van der Waals surface area contributed by atoms with Crippen LogP contribution in [-0.4, -0.2) is 29.8 Å². The maximum atomic E-state index is 12.3. The van der Waals surface area contributed by atoms with Crippen LogP contribution in [0, 0.1) is 5.92 Å². The van der Waals surface area contributed by atoms with Crippen LogP contribution >= 0.6 is 23.2 Å². The van der Waals surface area contributed by atoms with Gasteiger partial charge in [-0.1, -0.05) is 41.4 Å². The van der Waals surface area contributed by atoms with Crippen LogP contribution in [0.1, 0.15) is 26.2 Å². The normalized spacial score (nSPS) is 16.4. The van der Waals surface area contributed by atoms with Crippen LogP contribution in [0.2, 0.25) is 10.0 Å². The van der Waals surface area contributed by atoms with Gasteiger partial charge in [0, 0.05) is 13.0 Å². The predicted molar refractivity (Wildman–Crippen MR) is 93.8 cm³/mol. The van der Waals surface area contributed by atoms with E-state index in [9.17, 15) is 9.59 Å². The molecule has 0 saturated heterocycles. The zero-order valence-corrected chi connectivity index (χ0v) is 14.5. The van der Waals surface area contributed by atoms with Gasteiger partial charge in [0.2, 0.25) is 11.8 Å². The summed E-state index contributed by atoms with van der Waals surface area (Å²) in [6, 6.07) is 5.01. The van der Waals surface area contributed by atoms with Crippen LogP contribution < -0.4 is 5.32 Å². The largest absolute Gasteiger partial charge is 0.334 e. The monoisotopic (exact) mass is 354 g/mol. The van der Waals surface area contributed by atoms with Gasteiger partial charge in [-0.15, -0.1) is 0 Å². The van der Waals surface area contributed by atoms with E-state index in [0.29, 0.717) is 28.7 Å². The molecule has 1 atom stereocenters. The van der Waals surface area contributed by atoms with E-state index < -0.39 is 0 Å². The molecule has 1 aromatic carbocycles. The van der Waals surface area contributed by atoms with E-state index >= 15 is 0 Å². The quantitative estimate of drug-likeness (QED) is 0.780. The number of benzene rings is 1. The lowest BCUT2D eigenvalue weighted by atomic mass is 10.0. The second kappa shape index (κ2) is 8.37. The van der Waals surface area contributed by atoms with Gasteiger partial charge in [-0.05, 0) is 37.8 Å². The highest BCUT2D eigenvalue weighted by atomic mass is 35.5. The highest BCUT2D eigenvalue weighted by Crippen LogP contribution is 2.29. The number of carbonyl (C=O) groups is 2. The Morgan fingerprint density at radius 1 is 1.30 bits per heavy atom. The lowest BCUT2D eigenvalue weighted by molar-refractivity contribution is -0.135. The van der Waals surface area contributed by atoms with Gasteiger partial charge in [0.1, 0.15) is 0 Å². The van der Waals surface area contributed by atoms with E-state index in [-0.39, 0.29) is 24.3 Å². The Morgan fingerprint density at radius 3 is 2.57 bits per heavy atom. The second-order valence-corrected chi connectivity index (χ2v) is 6.34. The van der Waals surface area contributed by atoms with E-state index in [0.717, 1.165) is 12.8 Å². The maximum absolute atomic E-state index is 12.3. The predicted octanol–water partition coefficient (Wildman–Crippen LogP) is 4.14. The fourth-order valence-corrected chi connectivity index (χ4v) is 3.06. The van der Waals surface area contributed by atoms with Crippen molar-refractivity contribution in [3.05, 3.63) is 40.4 Å². The first kappa shape index (κ1) is 17.8. The summed E-state index contributed by atoms with van der Waals surface area (Å²) in [4.78, 5) is 26.1. The molecule has 2 rings (SSSR count). The number of anilines is 1. The number of para-hydroxylation sites is 1. The first-order valence-corrected chi connectivity index (χ1v) is 8.45. The minimum Gasteiger partial charge on any atom is -0.334 e. The number of hydrogen-bond acceptors (Lipinski definition) is 2. The first-order chi connectivity index (χ1) is 11.0. The molecule has 0 aromatic heterocycles. The van der Waals surface area contributed by atoms with Crippen molar-refractivity contribution in [2.75, 3.05) is 18.4 Å². The van der Waals surface area contributed by atoms with Crippen LogP contribution in [0.25, 0.3) is 0 Å². The fraction of sp³-hybridized carbons (Fsp3) is 0.412. The van der Waals surface area contributed by atoms with Crippen molar-refractivity contribution in [2.45, 2.75) is 26.2 Å². The minimum atomic E-state index is -0.308. The van der Waals surface area contributed by atoms with E-state index in [1.165, 1.54) is 0 Å². The average molecular weight is 355 g/mol. The lowest BCUT2D eigenvalue weighted by Gasteiger charge is -2.22. The Hall–Kier alpha value is -1.52. The van der Waals surface area contributed by atoms with Gasteiger partial charge in [-0.3, -0.25) is 9.59 Å². The Morgan fingerprint density at radius 2 is 2.00 bits per heavy atom. The highest BCUT2D eigenvalue weighted by Gasteiger charge is 2.21. The third-order valence-electron chi connectivity index (χ3n) is 3.85. The van der Waals surface area contributed by atoms with Crippen LogP contribution in [0.4, 0.5) is 5.69 Å². The van der Waals surface area contributed by atoms with Crippen molar-refractivity contribution in [1.29, 1.82) is 0 Å². The second-order valence-electron chi connectivity index (χ2n) is 5.52. The number of hydrogen-bond donors (Lipinski definition) is 1. The van der Waals surface area contributed by atoms with Crippen LogP contribution in [0.15, 0.2) is 30.4 Å². The molecule has 0 spiro atoms. The average Bonchev–Trinajstić information content (AvgIpc) is 3.01. The molecule has 1 N–H and O–H groups in total. The molecule has 0 unspecified atom stereocenters. The van der Waals surface area contributed by atoms with Crippen molar-refractivity contribution >= 4 is 40.7 Å². The van der Waals surface area contributed by atoms with Gasteiger partial charge in [-0.25, -0.2) is 0 Å². The highest BCUT2D eigenvalue weighted by molar-refractivity contribution is 6.39.